The van der Waals surface area contributed by atoms with Crippen molar-refractivity contribution in [3.63, 3.8) is 0 Å². The first-order chi connectivity index (χ1) is 11.2. The van der Waals surface area contributed by atoms with Crippen LogP contribution in [-0.2, 0) is 16.1 Å². The van der Waals surface area contributed by atoms with Crippen LogP contribution in [0.15, 0.2) is 48.5 Å². The quantitative estimate of drug-likeness (QED) is 0.553. The van der Waals surface area contributed by atoms with E-state index in [4.69, 9.17) is 14.2 Å². The second-order valence-electron chi connectivity index (χ2n) is 4.65. The van der Waals surface area contributed by atoms with Gasteiger partial charge in [0, 0.05) is 5.56 Å². The van der Waals surface area contributed by atoms with Crippen molar-refractivity contribution in [2.75, 3.05) is 13.2 Å². The van der Waals surface area contributed by atoms with Crippen molar-refractivity contribution in [3.8, 4) is 11.5 Å². The van der Waals surface area contributed by atoms with Crippen LogP contribution in [0.4, 0.5) is 0 Å². The second-order valence-corrected chi connectivity index (χ2v) is 4.65. The minimum absolute atomic E-state index is 0.157. The summed E-state index contributed by atoms with van der Waals surface area (Å²) in [6.07, 6.45) is 0.749. The van der Waals surface area contributed by atoms with Gasteiger partial charge in [-0.25, -0.2) is 4.79 Å². The van der Waals surface area contributed by atoms with Gasteiger partial charge in [-0.2, -0.15) is 0 Å². The van der Waals surface area contributed by atoms with E-state index in [9.17, 15) is 9.59 Å². The predicted molar refractivity (Wildman–Crippen MR) is 84.7 cm³/mol. The van der Waals surface area contributed by atoms with Gasteiger partial charge in [0.15, 0.2) is 12.9 Å². The zero-order valence-corrected chi connectivity index (χ0v) is 12.9. The molecule has 0 N–H and O–H groups in total. The molecule has 120 valence electrons. The molecule has 2 aromatic rings. The van der Waals surface area contributed by atoms with Crippen molar-refractivity contribution in [1.82, 2.24) is 0 Å². The molecule has 0 saturated heterocycles. The van der Waals surface area contributed by atoms with E-state index in [0.29, 0.717) is 23.7 Å². The lowest BCUT2D eigenvalue weighted by Crippen LogP contribution is -2.15. The summed E-state index contributed by atoms with van der Waals surface area (Å²) in [5.41, 5.74) is 1.26. The van der Waals surface area contributed by atoms with Crippen molar-refractivity contribution in [2.45, 2.75) is 13.5 Å². The molecule has 23 heavy (non-hydrogen) atoms. The van der Waals surface area contributed by atoms with E-state index in [1.165, 1.54) is 0 Å². The summed E-state index contributed by atoms with van der Waals surface area (Å²) >= 11 is 0. The average molecular weight is 314 g/mol. The van der Waals surface area contributed by atoms with E-state index in [0.717, 1.165) is 11.8 Å². The van der Waals surface area contributed by atoms with Crippen molar-refractivity contribution >= 4 is 12.3 Å². The highest BCUT2D eigenvalue weighted by atomic mass is 16.6. The summed E-state index contributed by atoms with van der Waals surface area (Å²) in [6, 6.07) is 14.2. The molecule has 0 bridgehead atoms. The molecule has 0 saturated carbocycles. The third kappa shape index (κ3) is 4.85. The number of benzene rings is 2. The molecule has 0 unspecified atom stereocenters. The van der Waals surface area contributed by atoms with Gasteiger partial charge < -0.3 is 14.2 Å². The SMILES string of the molecule is CCOC(=O)COc1ccccc1COc1ccccc1C=O. The highest BCUT2D eigenvalue weighted by Gasteiger charge is 2.09. The number of aldehydes is 1. The number of rotatable bonds is 8. The third-order valence-corrected chi connectivity index (χ3v) is 3.05. The van der Waals surface area contributed by atoms with Gasteiger partial charge >= 0.3 is 5.97 Å². The molecular formula is C18H18O5. The van der Waals surface area contributed by atoms with E-state index in [1.807, 2.05) is 18.2 Å². The van der Waals surface area contributed by atoms with Crippen LogP contribution in [0.25, 0.3) is 0 Å². The molecule has 0 amide bonds. The largest absolute Gasteiger partial charge is 0.488 e. The number of esters is 1. The standard InChI is InChI=1S/C18H18O5/c1-2-21-18(20)13-23-17-10-6-4-8-15(17)12-22-16-9-5-3-7-14(16)11-19/h3-11H,2,12-13H2,1H3. The smallest absolute Gasteiger partial charge is 0.344 e. The Kier molecular flexibility index (Phi) is 6.17. The van der Waals surface area contributed by atoms with E-state index in [-0.39, 0.29) is 13.2 Å². The van der Waals surface area contributed by atoms with Gasteiger partial charge in [-0.15, -0.1) is 0 Å². The number of carbonyl (C=O) groups is 2. The Balaban J connectivity index is 2.02. The number of hydrogen-bond donors (Lipinski definition) is 0. The predicted octanol–water partition coefficient (Wildman–Crippen LogP) is 3.02. The average Bonchev–Trinajstić information content (AvgIpc) is 2.59. The Bertz CT molecular complexity index is 666. The number of hydrogen-bond acceptors (Lipinski definition) is 5. The summed E-state index contributed by atoms with van der Waals surface area (Å²) < 4.78 is 16.0. The maximum Gasteiger partial charge on any atom is 0.344 e. The van der Waals surface area contributed by atoms with Gasteiger partial charge in [0.2, 0.25) is 0 Å². The van der Waals surface area contributed by atoms with Crippen LogP contribution in [-0.4, -0.2) is 25.5 Å². The second kappa shape index (κ2) is 8.58. The van der Waals surface area contributed by atoms with E-state index >= 15 is 0 Å². The molecule has 5 heteroatoms. The van der Waals surface area contributed by atoms with Crippen LogP contribution in [0.3, 0.4) is 0 Å². The van der Waals surface area contributed by atoms with Gasteiger partial charge in [-0.1, -0.05) is 30.3 Å². The van der Waals surface area contributed by atoms with Gasteiger partial charge in [0.05, 0.1) is 12.2 Å². The van der Waals surface area contributed by atoms with Crippen LogP contribution >= 0.6 is 0 Å². The lowest BCUT2D eigenvalue weighted by Gasteiger charge is -2.12. The maximum absolute atomic E-state index is 11.4. The van der Waals surface area contributed by atoms with Gasteiger partial charge in [0.25, 0.3) is 0 Å². The van der Waals surface area contributed by atoms with Gasteiger partial charge in [-0.3, -0.25) is 4.79 Å². The third-order valence-electron chi connectivity index (χ3n) is 3.05. The normalized spacial score (nSPS) is 9.96. The Morgan fingerprint density at radius 3 is 2.43 bits per heavy atom. The summed E-state index contributed by atoms with van der Waals surface area (Å²) in [7, 11) is 0. The number of para-hydroxylation sites is 2. The highest BCUT2D eigenvalue weighted by molar-refractivity contribution is 5.79. The summed E-state index contributed by atoms with van der Waals surface area (Å²) in [5.74, 6) is 0.626. The van der Waals surface area contributed by atoms with E-state index in [1.54, 1.807) is 37.3 Å². The molecule has 0 aliphatic carbocycles. The Labute approximate surface area is 134 Å². The zero-order valence-electron chi connectivity index (χ0n) is 12.9. The van der Waals surface area contributed by atoms with Crippen LogP contribution in [0.5, 0.6) is 11.5 Å². The number of carbonyl (C=O) groups excluding carboxylic acids is 2. The first kappa shape index (κ1) is 16.5. The fourth-order valence-electron chi connectivity index (χ4n) is 1.97. The summed E-state index contributed by atoms with van der Waals surface area (Å²) in [4.78, 5) is 22.4. The molecule has 0 aromatic heterocycles. The highest BCUT2D eigenvalue weighted by Crippen LogP contribution is 2.22. The van der Waals surface area contributed by atoms with Crippen LogP contribution in [0.1, 0.15) is 22.8 Å². The van der Waals surface area contributed by atoms with Crippen molar-refractivity contribution in [3.05, 3.63) is 59.7 Å². The Morgan fingerprint density at radius 1 is 1.00 bits per heavy atom. The lowest BCUT2D eigenvalue weighted by atomic mass is 10.2. The van der Waals surface area contributed by atoms with E-state index < -0.39 is 5.97 Å². The topological polar surface area (TPSA) is 61.8 Å². The summed E-state index contributed by atoms with van der Waals surface area (Å²) in [6.45, 7) is 2.12. The van der Waals surface area contributed by atoms with Gasteiger partial charge in [0.1, 0.15) is 18.1 Å². The lowest BCUT2D eigenvalue weighted by molar-refractivity contribution is -0.145. The first-order valence-electron chi connectivity index (χ1n) is 7.28. The molecular weight excluding hydrogens is 296 g/mol. The Morgan fingerprint density at radius 2 is 1.70 bits per heavy atom. The van der Waals surface area contributed by atoms with Crippen LogP contribution in [0.2, 0.25) is 0 Å². The Hall–Kier alpha value is -2.82. The fourth-order valence-corrected chi connectivity index (χ4v) is 1.97. The zero-order chi connectivity index (χ0) is 16.5. The maximum atomic E-state index is 11.4. The molecule has 5 nitrogen and oxygen atoms in total. The van der Waals surface area contributed by atoms with Crippen LogP contribution in [0, 0.1) is 0 Å². The molecule has 0 atom stereocenters. The first-order valence-corrected chi connectivity index (χ1v) is 7.28. The molecule has 0 aliphatic rings. The molecule has 0 fully saturated rings. The molecule has 0 aliphatic heterocycles. The molecule has 0 radical (unpaired) electrons. The minimum atomic E-state index is -0.422. The van der Waals surface area contributed by atoms with E-state index in [2.05, 4.69) is 0 Å². The molecule has 0 spiro atoms. The molecule has 0 heterocycles. The van der Waals surface area contributed by atoms with Crippen molar-refractivity contribution in [1.29, 1.82) is 0 Å². The van der Waals surface area contributed by atoms with Crippen molar-refractivity contribution < 1.29 is 23.8 Å². The van der Waals surface area contributed by atoms with Crippen LogP contribution < -0.4 is 9.47 Å². The molecule has 2 rings (SSSR count). The monoisotopic (exact) mass is 314 g/mol. The number of ether oxygens (including phenoxy) is 3. The fraction of sp³-hybridized carbons (Fsp3) is 0.222. The summed E-state index contributed by atoms with van der Waals surface area (Å²) in [5, 5.41) is 0. The van der Waals surface area contributed by atoms with Crippen molar-refractivity contribution in [2.24, 2.45) is 0 Å². The minimum Gasteiger partial charge on any atom is -0.488 e. The molecule has 2 aromatic carbocycles. The van der Waals surface area contributed by atoms with Gasteiger partial charge in [-0.05, 0) is 25.1 Å².